The minimum absolute atomic E-state index is 0.00449. The Morgan fingerprint density at radius 2 is 1.89 bits per heavy atom. The number of nitrogens with one attached hydrogen (secondary N) is 1. The summed E-state index contributed by atoms with van der Waals surface area (Å²) < 4.78 is 45.0. The van der Waals surface area contributed by atoms with E-state index in [1.165, 1.54) is 17.2 Å². The van der Waals surface area contributed by atoms with Crippen LogP contribution in [-0.4, -0.2) is 99.1 Å². The molecule has 7 N–H and O–H groups in total. The van der Waals surface area contributed by atoms with Crippen molar-refractivity contribution in [1.29, 1.82) is 0 Å². The number of hydrogen-bond donors (Lipinski definition) is 5. The van der Waals surface area contributed by atoms with E-state index in [4.69, 9.17) is 67.4 Å². The molecule has 0 saturated carbocycles. The van der Waals surface area contributed by atoms with Crippen LogP contribution >= 0.6 is 13.4 Å². The van der Waals surface area contributed by atoms with E-state index in [9.17, 15) is 14.6 Å². The molecule has 4 aliphatic heterocycles. The number of aromatic amines is 1. The standard InChI is InChI=1S/C21H24N10O10P2S2/c22-9-1-2-24-15-11(9)25-7-30(15)19-13-14-21(39-19,5-35-13)6-37-43(34,45)40-10-3-8(4-36-42(33,44)41-14)38-18(10)31-16-12(28-29-31)17(32)27-20(23)26-16/h1-2,7-8,10,13-14,18-19H,3-6H2,(H2,22,24)(H,33,44)(H,34,45)(H3,23,26,27,32)/t8-,10+,13+,14-,18+,19+,21+,42?,43?/m0/s1. The average molecular weight is 703 g/mol. The van der Waals surface area contributed by atoms with E-state index in [-0.39, 0.29) is 43.4 Å². The van der Waals surface area contributed by atoms with Gasteiger partial charge in [0.05, 0.1) is 37.9 Å². The molecule has 9 atom stereocenters. The molecule has 8 heterocycles. The highest BCUT2D eigenvalue weighted by atomic mass is 32.5. The molecule has 8 rings (SSSR count). The van der Waals surface area contributed by atoms with Crippen LogP contribution in [0.25, 0.3) is 22.3 Å². The van der Waals surface area contributed by atoms with Crippen LogP contribution < -0.4 is 17.0 Å². The van der Waals surface area contributed by atoms with Gasteiger partial charge < -0.3 is 49.0 Å². The first-order chi connectivity index (χ1) is 21.4. The molecule has 0 spiro atoms. The number of fused-ring (bicyclic) bond motifs is 4. The summed E-state index contributed by atoms with van der Waals surface area (Å²) in [4.78, 5) is 50.0. The third kappa shape index (κ3) is 5.01. The fourth-order valence-electron chi connectivity index (χ4n) is 5.92. The van der Waals surface area contributed by atoms with Crippen LogP contribution in [0.1, 0.15) is 18.9 Å². The molecule has 2 unspecified atom stereocenters. The van der Waals surface area contributed by atoms with E-state index in [1.54, 1.807) is 10.6 Å². The number of nitrogen functional groups attached to an aromatic ring is 2. The third-order valence-electron chi connectivity index (χ3n) is 7.89. The summed E-state index contributed by atoms with van der Waals surface area (Å²) in [5.74, 6) is -0.175. The second kappa shape index (κ2) is 10.5. The molecule has 0 amide bonds. The number of anilines is 2. The van der Waals surface area contributed by atoms with Gasteiger partial charge >= 0.3 is 13.4 Å². The molecule has 4 aliphatic rings. The van der Waals surface area contributed by atoms with Gasteiger partial charge in [0.1, 0.15) is 29.4 Å². The number of aromatic nitrogens is 8. The maximum Gasteiger partial charge on any atom is 0.325 e. The van der Waals surface area contributed by atoms with Crippen molar-refractivity contribution < 1.29 is 42.1 Å². The van der Waals surface area contributed by atoms with Gasteiger partial charge in [0.2, 0.25) is 5.95 Å². The molecule has 0 radical (unpaired) electrons. The number of nitrogens with zero attached hydrogens (tertiary/aromatic N) is 7. The lowest BCUT2D eigenvalue weighted by molar-refractivity contribution is -0.183. The van der Waals surface area contributed by atoms with E-state index < -0.39 is 61.5 Å². The zero-order valence-electron chi connectivity index (χ0n) is 22.7. The summed E-state index contributed by atoms with van der Waals surface area (Å²) in [5, 5.41) is 7.87. The number of rotatable bonds is 2. The van der Waals surface area contributed by atoms with Gasteiger partial charge in [-0.15, -0.1) is 5.10 Å². The Hall–Kier alpha value is -2.56. The Labute approximate surface area is 261 Å². The SMILES string of the molecule is Nc1nc2c(nnn2[C@@H]2O[C@@H]3COP(O)(=S)O[C@H]4[C@H]5OC[C@]4(COP(O)(=S)O[C@@H]2C3)O[C@H]5n2cnc3c(N)ccnc32)c(=O)[nH]1. The van der Waals surface area contributed by atoms with Crippen LogP contribution in [0.2, 0.25) is 0 Å². The molecule has 4 saturated heterocycles. The van der Waals surface area contributed by atoms with Gasteiger partial charge in [-0.3, -0.25) is 18.9 Å². The van der Waals surface area contributed by atoms with Crippen LogP contribution in [0, 0.1) is 0 Å². The zero-order valence-corrected chi connectivity index (χ0v) is 26.1. The lowest BCUT2D eigenvalue weighted by Crippen LogP contribution is -2.45. The van der Waals surface area contributed by atoms with Gasteiger partial charge in [-0.2, -0.15) is 9.67 Å². The summed E-state index contributed by atoms with van der Waals surface area (Å²) in [6, 6.07) is 1.62. The fourth-order valence-corrected chi connectivity index (χ4v) is 8.86. The highest BCUT2D eigenvalue weighted by Gasteiger charge is 2.65. The van der Waals surface area contributed by atoms with Crippen LogP contribution in [0.15, 0.2) is 23.4 Å². The summed E-state index contributed by atoms with van der Waals surface area (Å²) in [6.07, 6.45) is -2.46. The molecule has 45 heavy (non-hydrogen) atoms. The van der Waals surface area contributed by atoms with E-state index in [1.807, 2.05) is 0 Å². The Balaban J connectivity index is 1.12. The second-order valence-electron chi connectivity index (χ2n) is 10.8. The van der Waals surface area contributed by atoms with E-state index in [0.717, 1.165) is 0 Å². The molecule has 4 aromatic rings. The van der Waals surface area contributed by atoms with Crippen molar-refractivity contribution in [3.05, 3.63) is 28.9 Å². The summed E-state index contributed by atoms with van der Waals surface area (Å²) in [7, 11) is 0. The molecule has 24 heteroatoms. The first kappa shape index (κ1) is 29.8. The van der Waals surface area contributed by atoms with Gasteiger partial charge in [0, 0.05) is 12.6 Å². The predicted molar refractivity (Wildman–Crippen MR) is 158 cm³/mol. The molecular formula is C21H24N10O10P2S2. The van der Waals surface area contributed by atoms with Gasteiger partial charge in [-0.1, -0.05) is 5.21 Å². The topological polar surface area (TPSA) is 264 Å². The maximum absolute atomic E-state index is 12.3. The molecule has 20 nitrogen and oxygen atoms in total. The Bertz CT molecular complexity index is 1990. The molecule has 240 valence electrons. The normalized spacial score (nSPS) is 38.6. The molecule has 4 aromatic heterocycles. The monoisotopic (exact) mass is 702 g/mol. The van der Waals surface area contributed by atoms with Gasteiger partial charge in [-0.25, -0.2) is 9.97 Å². The van der Waals surface area contributed by atoms with E-state index in [0.29, 0.717) is 16.9 Å². The first-order valence-corrected chi connectivity index (χ1v) is 18.5. The number of ether oxygens (including phenoxy) is 3. The smallest absolute Gasteiger partial charge is 0.325 e. The highest BCUT2D eigenvalue weighted by Crippen LogP contribution is 2.58. The summed E-state index contributed by atoms with van der Waals surface area (Å²) >= 11 is 10.8. The van der Waals surface area contributed by atoms with Crippen molar-refractivity contribution in [1.82, 2.24) is 39.5 Å². The Kier molecular flexibility index (Phi) is 6.94. The van der Waals surface area contributed by atoms with Crippen LogP contribution in [0.4, 0.5) is 11.6 Å². The lowest BCUT2D eigenvalue weighted by Gasteiger charge is -2.33. The van der Waals surface area contributed by atoms with Gasteiger partial charge in [0.25, 0.3) is 5.56 Å². The predicted octanol–water partition coefficient (Wildman–Crippen LogP) is -0.671. The van der Waals surface area contributed by atoms with E-state index >= 15 is 0 Å². The number of imidazole rings is 1. The number of hydrogen-bond acceptors (Lipinski definition) is 17. The van der Waals surface area contributed by atoms with Gasteiger partial charge in [0.15, 0.2) is 29.3 Å². The van der Waals surface area contributed by atoms with Crippen molar-refractivity contribution in [2.45, 2.75) is 48.9 Å². The van der Waals surface area contributed by atoms with Crippen molar-refractivity contribution in [2.75, 3.05) is 31.3 Å². The van der Waals surface area contributed by atoms with Crippen LogP contribution in [0.5, 0.6) is 0 Å². The minimum atomic E-state index is -4.04. The molecule has 0 aliphatic carbocycles. The first-order valence-electron chi connectivity index (χ1n) is 13.4. The number of H-pyrrole nitrogens is 1. The molecule has 4 fully saturated rings. The summed E-state index contributed by atoms with van der Waals surface area (Å²) in [6.45, 7) is -8.69. The molecule has 4 bridgehead atoms. The van der Waals surface area contributed by atoms with Crippen LogP contribution in [0.3, 0.4) is 0 Å². The fraction of sp³-hybridized carbons (Fsp3) is 0.524. The summed E-state index contributed by atoms with van der Waals surface area (Å²) in [5.41, 5.74) is 11.0. The minimum Gasteiger partial charge on any atom is -0.397 e. The zero-order chi connectivity index (χ0) is 31.3. The molecule has 0 aromatic carbocycles. The van der Waals surface area contributed by atoms with Gasteiger partial charge in [-0.05, 0) is 29.7 Å². The quantitative estimate of drug-likeness (QED) is 0.162. The second-order valence-corrected chi connectivity index (χ2v) is 16.4. The number of pyridine rings is 1. The van der Waals surface area contributed by atoms with Crippen molar-refractivity contribution in [3.63, 3.8) is 0 Å². The maximum atomic E-state index is 12.3. The van der Waals surface area contributed by atoms with E-state index in [2.05, 4.69) is 30.2 Å². The molecular weight excluding hydrogens is 678 g/mol. The largest absolute Gasteiger partial charge is 0.397 e. The number of nitrogens with two attached hydrogens (primary N) is 2. The van der Waals surface area contributed by atoms with Crippen molar-refractivity contribution in [2.24, 2.45) is 0 Å². The average Bonchev–Trinajstić information content (AvgIpc) is 3.79. The lowest BCUT2D eigenvalue weighted by atomic mass is 10.0. The third-order valence-corrected chi connectivity index (χ3v) is 11.0. The Morgan fingerprint density at radius 1 is 1.07 bits per heavy atom. The van der Waals surface area contributed by atoms with Crippen molar-refractivity contribution in [3.8, 4) is 0 Å². The Morgan fingerprint density at radius 3 is 2.73 bits per heavy atom. The van der Waals surface area contributed by atoms with Crippen molar-refractivity contribution >= 4 is 71.0 Å². The highest BCUT2D eigenvalue weighted by molar-refractivity contribution is 8.07. The van der Waals surface area contributed by atoms with Crippen LogP contribution in [-0.2, 0) is 55.9 Å².